The summed E-state index contributed by atoms with van der Waals surface area (Å²) in [5, 5.41) is 6.83. The van der Waals surface area contributed by atoms with Crippen LogP contribution in [0.3, 0.4) is 0 Å². The van der Waals surface area contributed by atoms with Gasteiger partial charge in [-0.15, -0.1) is 0 Å². The van der Waals surface area contributed by atoms with Crippen molar-refractivity contribution >= 4 is 27.5 Å². The quantitative estimate of drug-likeness (QED) is 0.778. The number of anilines is 1. The normalized spacial score (nSPS) is 19.1. The summed E-state index contributed by atoms with van der Waals surface area (Å²) < 4.78 is 0.880. The standard InChI is InChI=1S/C14H20BrN3O/c15-12-8-11(14(16)19)3-4-13(12)18-7-5-10-2-1-6-17-9-10/h3-4,8,10,17-18H,1-2,5-7,9H2,(H2,16,19). The summed E-state index contributed by atoms with van der Waals surface area (Å²) in [5.41, 5.74) is 6.77. The second-order valence-corrected chi connectivity index (χ2v) is 5.84. The first-order valence-corrected chi connectivity index (χ1v) is 7.50. The number of nitrogens with one attached hydrogen (secondary N) is 2. The number of piperidine rings is 1. The number of carbonyl (C=O) groups excluding carboxylic acids is 1. The van der Waals surface area contributed by atoms with Gasteiger partial charge in [-0.3, -0.25) is 4.79 Å². The SMILES string of the molecule is NC(=O)c1ccc(NCCC2CCCNC2)c(Br)c1. The molecule has 1 aromatic carbocycles. The van der Waals surface area contributed by atoms with Crippen LogP contribution in [-0.4, -0.2) is 25.5 Å². The Labute approximate surface area is 122 Å². The number of hydrogen-bond donors (Lipinski definition) is 3. The average molecular weight is 326 g/mol. The summed E-state index contributed by atoms with van der Waals surface area (Å²) in [5.74, 6) is 0.366. The van der Waals surface area contributed by atoms with Gasteiger partial charge in [0.1, 0.15) is 0 Å². The van der Waals surface area contributed by atoms with E-state index in [9.17, 15) is 4.79 Å². The van der Waals surface area contributed by atoms with E-state index in [1.54, 1.807) is 12.1 Å². The number of rotatable bonds is 5. The highest BCUT2D eigenvalue weighted by atomic mass is 79.9. The van der Waals surface area contributed by atoms with E-state index in [1.807, 2.05) is 6.07 Å². The Kier molecular flexibility index (Phi) is 5.22. The Bertz CT molecular complexity index is 444. The zero-order valence-corrected chi connectivity index (χ0v) is 12.5. The molecule has 0 saturated carbocycles. The van der Waals surface area contributed by atoms with Crippen molar-refractivity contribution in [3.8, 4) is 0 Å². The van der Waals surface area contributed by atoms with E-state index in [0.717, 1.165) is 42.1 Å². The van der Waals surface area contributed by atoms with Gasteiger partial charge in [-0.2, -0.15) is 0 Å². The third-order valence-corrected chi connectivity index (χ3v) is 4.18. The van der Waals surface area contributed by atoms with Gasteiger partial charge in [-0.1, -0.05) is 0 Å². The lowest BCUT2D eigenvalue weighted by molar-refractivity contribution is 0.100. The molecule has 4 nitrogen and oxygen atoms in total. The molecule has 1 saturated heterocycles. The number of nitrogens with two attached hydrogens (primary N) is 1. The number of carbonyl (C=O) groups is 1. The molecule has 19 heavy (non-hydrogen) atoms. The van der Waals surface area contributed by atoms with E-state index < -0.39 is 5.91 Å². The Morgan fingerprint density at radius 2 is 2.37 bits per heavy atom. The lowest BCUT2D eigenvalue weighted by Gasteiger charge is -2.23. The minimum absolute atomic E-state index is 0.402. The first-order chi connectivity index (χ1) is 9.16. The van der Waals surface area contributed by atoms with Crippen LogP contribution in [0.5, 0.6) is 0 Å². The average Bonchev–Trinajstić information content (AvgIpc) is 2.41. The van der Waals surface area contributed by atoms with E-state index >= 15 is 0 Å². The fourth-order valence-electron chi connectivity index (χ4n) is 2.39. The van der Waals surface area contributed by atoms with Crippen molar-refractivity contribution in [1.29, 1.82) is 0 Å². The highest BCUT2D eigenvalue weighted by Crippen LogP contribution is 2.24. The summed E-state index contributed by atoms with van der Waals surface area (Å²) in [6.45, 7) is 3.23. The fraction of sp³-hybridized carbons (Fsp3) is 0.500. The zero-order valence-electron chi connectivity index (χ0n) is 10.9. The molecule has 0 aliphatic carbocycles. The lowest BCUT2D eigenvalue weighted by Crippen LogP contribution is -2.30. The molecule has 0 aromatic heterocycles. The molecular weight excluding hydrogens is 306 g/mol. The van der Waals surface area contributed by atoms with Crippen LogP contribution in [-0.2, 0) is 0 Å². The van der Waals surface area contributed by atoms with Crippen molar-refractivity contribution < 1.29 is 4.79 Å². The molecule has 1 fully saturated rings. The van der Waals surface area contributed by atoms with Crippen LogP contribution in [0.25, 0.3) is 0 Å². The molecule has 5 heteroatoms. The Morgan fingerprint density at radius 3 is 3.00 bits per heavy atom. The Morgan fingerprint density at radius 1 is 1.53 bits per heavy atom. The molecule has 1 aromatic rings. The van der Waals surface area contributed by atoms with Crippen LogP contribution in [0, 0.1) is 5.92 Å². The summed E-state index contributed by atoms with van der Waals surface area (Å²) >= 11 is 3.46. The molecule has 1 heterocycles. The first-order valence-electron chi connectivity index (χ1n) is 6.71. The minimum Gasteiger partial charge on any atom is -0.384 e. The second kappa shape index (κ2) is 6.91. The molecule has 1 aliphatic rings. The van der Waals surface area contributed by atoms with E-state index in [0.29, 0.717) is 5.56 Å². The molecule has 1 aliphatic heterocycles. The molecule has 1 unspecified atom stereocenters. The molecule has 0 bridgehead atoms. The summed E-state index contributed by atoms with van der Waals surface area (Å²) in [7, 11) is 0. The predicted octanol–water partition coefficient (Wildman–Crippen LogP) is 2.35. The molecular formula is C14H20BrN3O. The van der Waals surface area contributed by atoms with Crippen LogP contribution in [0.2, 0.25) is 0 Å². The van der Waals surface area contributed by atoms with Gasteiger partial charge in [-0.05, 0) is 72.4 Å². The maximum absolute atomic E-state index is 11.1. The predicted molar refractivity (Wildman–Crippen MR) is 81.4 cm³/mol. The lowest BCUT2D eigenvalue weighted by atomic mass is 9.96. The Hall–Kier alpha value is -1.07. The van der Waals surface area contributed by atoms with Crippen LogP contribution < -0.4 is 16.4 Å². The van der Waals surface area contributed by atoms with Crippen LogP contribution in [0.1, 0.15) is 29.6 Å². The third-order valence-electron chi connectivity index (χ3n) is 3.52. The van der Waals surface area contributed by atoms with Crippen molar-refractivity contribution in [3.05, 3.63) is 28.2 Å². The van der Waals surface area contributed by atoms with Gasteiger partial charge in [0, 0.05) is 22.3 Å². The summed E-state index contributed by atoms with van der Waals surface area (Å²) in [4.78, 5) is 11.1. The van der Waals surface area contributed by atoms with E-state index in [-0.39, 0.29) is 0 Å². The van der Waals surface area contributed by atoms with Crippen LogP contribution in [0.4, 0.5) is 5.69 Å². The minimum atomic E-state index is -0.402. The Balaban J connectivity index is 1.83. The van der Waals surface area contributed by atoms with Crippen molar-refractivity contribution in [2.24, 2.45) is 11.7 Å². The number of halogens is 1. The molecule has 4 N–H and O–H groups in total. The third kappa shape index (κ3) is 4.21. The van der Waals surface area contributed by atoms with Crippen molar-refractivity contribution in [2.45, 2.75) is 19.3 Å². The molecule has 0 spiro atoms. The molecule has 0 radical (unpaired) electrons. The highest BCUT2D eigenvalue weighted by molar-refractivity contribution is 9.10. The highest BCUT2D eigenvalue weighted by Gasteiger charge is 2.12. The molecule has 1 amide bonds. The van der Waals surface area contributed by atoms with Crippen LogP contribution >= 0.6 is 15.9 Å². The van der Waals surface area contributed by atoms with Crippen molar-refractivity contribution in [2.75, 3.05) is 25.0 Å². The second-order valence-electron chi connectivity index (χ2n) is 4.99. The maximum atomic E-state index is 11.1. The summed E-state index contributed by atoms with van der Waals surface area (Å²) in [6.07, 6.45) is 3.76. The van der Waals surface area contributed by atoms with E-state index in [1.165, 1.54) is 12.8 Å². The summed E-state index contributed by atoms with van der Waals surface area (Å²) in [6, 6.07) is 5.40. The topological polar surface area (TPSA) is 67.2 Å². The van der Waals surface area contributed by atoms with Gasteiger partial charge in [0.15, 0.2) is 0 Å². The van der Waals surface area contributed by atoms with Crippen LogP contribution in [0.15, 0.2) is 22.7 Å². The van der Waals surface area contributed by atoms with Crippen molar-refractivity contribution in [3.63, 3.8) is 0 Å². The molecule has 104 valence electrons. The fourth-order valence-corrected chi connectivity index (χ4v) is 2.91. The van der Waals surface area contributed by atoms with Crippen molar-refractivity contribution in [1.82, 2.24) is 5.32 Å². The number of hydrogen-bond acceptors (Lipinski definition) is 3. The van der Waals surface area contributed by atoms with E-state index in [2.05, 4.69) is 26.6 Å². The maximum Gasteiger partial charge on any atom is 0.248 e. The monoisotopic (exact) mass is 325 g/mol. The molecule has 1 atom stereocenters. The number of amides is 1. The van der Waals surface area contributed by atoms with E-state index in [4.69, 9.17) is 5.73 Å². The number of primary amides is 1. The van der Waals surface area contributed by atoms with Gasteiger partial charge in [0.05, 0.1) is 0 Å². The van der Waals surface area contributed by atoms with Gasteiger partial charge in [-0.25, -0.2) is 0 Å². The van der Waals surface area contributed by atoms with Gasteiger partial charge < -0.3 is 16.4 Å². The molecule has 2 rings (SSSR count). The van der Waals surface area contributed by atoms with Gasteiger partial charge in [0.25, 0.3) is 0 Å². The first kappa shape index (κ1) is 14.3. The van der Waals surface area contributed by atoms with Gasteiger partial charge in [0.2, 0.25) is 5.91 Å². The number of benzene rings is 1. The largest absolute Gasteiger partial charge is 0.384 e. The smallest absolute Gasteiger partial charge is 0.248 e. The zero-order chi connectivity index (χ0) is 13.7. The van der Waals surface area contributed by atoms with Gasteiger partial charge >= 0.3 is 0 Å².